The molecule has 3 aromatic rings. The molecule has 5 rings (SSSR count). The third kappa shape index (κ3) is 3.15. The van der Waals surface area contributed by atoms with Gasteiger partial charge in [-0.2, -0.15) is 18.3 Å². The molecule has 2 aliphatic rings. The summed E-state index contributed by atoms with van der Waals surface area (Å²) in [5.41, 5.74) is -0.163. The Kier molecular flexibility index (Phi) is 4.87. The zero-order chi connectivity index (χ0) is 22.7. The lowest BCUT2D eigenvalue weighted by Gasteiger charge is -2.49. The molecule has 2 aromatic carbocycles. The molecule has 1 saturated carbocycles. The number of aryl methyl sites for hydroxylation is 1. The zero-order valence-electron chi connectivity index (χ0n) is 17.4. The molecule has 2 aliphatic carbocycles. The van der Waals surface area contributed by atoms with Crippen LogP contribution in [0.15, 0.2) is 42.6 Å². The van der Waals surface area contributed by atoms with Gasteiger partial charge in [-0.15, -0.1) is 0 Å². The summed E-state index contributed by atoms with van der Waals surface area (Å²) in [6.07, 6.45) is -1.93. The van der Waals surface area contributed by atoms with Crippen LogP contribution in [0, 0.1) is 11.7 Å². The summed E-state index contributed by atoms with van der Waals surface area (Å²) in [4.78, 5) is 0. The van der Waals surface area contributed by atoms with Crippen LogP contribution < -0.4 is 0 Å². The van der Waals surface area contributed by atoms with Crippen molar-refractivity contribution >= 4 is 10.9 Å². The van der Waals surface area contributed by atoms with E-state index in [0.29, 0.717) is 24.9 Å². The average molecular weight is 448 g/mol. The van der Waals surface area contributed by atoms with E-state index in [1.807, 2.05) is 12.1 Å². The quantitative estimate of drug-likeness (QED) is 0.553. The smallest absolute Gasteiger partial charge is 0.395 e. The minimum atomic E-state index is -4.69. The van der Waals surface area contributed by atoms with E-state index in [9.17, 15) is 27.8 Å². The Morgan fingerprint density at radius 1 is 1.12 bits per heavy atom. The van der Waals surface area contributed by atoms with E-state index < -0.39 is 36.0 Å². The SMILES string of the molecule is OCC12CCC(O)(C(F)(F)F)CC1CCCc1cc3c(cnn3-c3ccc(F)cc3)cc12. The van der Waals surface area contributed by atoms with Gasteiger partial charge in [-0.1, -0.05) is 0 Å². The molecule has 1 aromatic heterocycles. The molecule has 0 amide bonds. The third-order valence-electron chi connectivity index (χ3n) is 7.56. The lowest BCUT2D eigenvalue weighted by Crippen LogP contribution is -2.56. The molecule has 170 valence electrons. The summed E-state index contributed by atoms with van der Waals surface area (Å²) < 4.78 is 55.7. The van der Waals surface area contributed by atoms with Crippen LogP contribution in [0.4, 0.5) is 17.6 Å². The monoisotopic (exact) mass is 448 g/mol. The summed E-state index contributed by atoms with van der Waals surface area (Å²) in [5, 5.41) is 26.1. The van der Waals surface area contributed by atoms with Crippen molar-refractivity contribution in [3.8, 4) is 5.69 Å². The number of benzene rings is 2. The van der Waals surface area contributed by atoms with Crippen LogP contribution in [0.3, 0.4) is 0 Å². The molecule has 3 atom stereocenters. The maximum atomic E-state index is 13.6. The Morgan fingerprint density at radius 2 is 1.88 bits per heavy atom. The Balaban J connectivity index is 1.61. The van der Waals surface area contributed by atoms with Crippen LogP contribution in [-0.4, -0.2) is 38.4 Å². The first-order chi connectivity index (χ1) is 15.2. The van der Waals surface area contributed by atoms with Gasteiger partial charge >= 0.3 is 6.18 Å². The number of nitrogens with zero attached hydrogens (tertiary/aromatic N) is 2. The van der Waals surface area contributed by atoms with E-state index in [1.165, 1.54) is 12.1 Å². The maximum Gasteiger partial charge on any atom is 0.417 e. The number of rotatable bonds is 2. The lowest BCUT2D eigenvalue weighted by atomic mass is 9.58. The van der Waals surface area contributed by atoms with Crippen molar-refractivity contribution in [1.29, 1.82) is 0 Å². The first kappa shape index (κ1) is 21.4. The molecule has 32 heavy (non-hydrogen) atoms. The first-order valence-electron chi connectivity index (χ1n) is 10.8. The molecule has 4 nitrogen and oxygen atoms in total. The molecule has 1 heterocycles. The molecule has 8 heteroatoms. The third-order valence-corrected chi connectivity index (χ3v) is 7.56. The highest BCUT2D eigenvalue weighted by atomic mass is 19.4. The summed E-state index contributed by atoms with van der Waals surface area (Å²) in [6, 6.07) is 9.92. The number of hydrogen-bond donors (Lipinski definition) is 2. The van der Waals surface area contributed by atoms with Crippen LogP contribution in [0.25, 0.3) is 16.6 Å². The van der Waals surface area contributed by atoms with E-state index >= 15 is 0 Å². The second kappa shape index (κ2) is 7.28. The number of aliphatic hydroxyl groups excluding tert-OH is 1. The first-order valence-corrected chi connectivity index (χ1v) is 10.8. The topological polar surface area (TPSA) is 58.3 Å². The minimum Gasteiger partial charge on any atom is -0.395 e. The van der Waals surface area contributed by atoms with Crippen molar-refractivity contribution in [3.05, 3.63) is 59.5 Å². The van der Waals surface area contributed by atoms with Gasteiger partial charge in [0.15, 0.2) is 5.60 Å². The van der Waals surface area contributed by atoms with Crippen molar-refractivity contribution in [1.82, 2.24) is 9.78 Å². The van der Waals surface area contributed by atoms with Crippen molar-refractivity contribution in [2.24, 2.45) is 5.92 Å². The fourth-order valence-electron chi connectivity index (χ4n) is 5.74. The molecular formula is C24H24F4N2O2. The highest BCUT2D eigenvalue weighted by Crippen LogP contribution is 2.55. The number of halogens is 4. The van der Waals surface area contributed by atoms with Crippen LogP contribution in [-0.2, 0) is 11.8 Å². The molecule has 0 saturated heterocycles. The molecule has 3 unspecified atom stereocenters. The lowest BCUT2D eigenvalue weighted by molar-refractivity contribution is -0.280. The Hall–Kier alpha value is -2.45. The Morgan fingerprint density at radius 3 is 2.56 bits per heavy atom. The predicted molar refractivity (Wildman–Crippen MR) is 111 cm³/mol. The van der Waals surface area contributed by atoms with E-state index in [2.05, 4.69) is 5.10 Å². The zero-order valence-corrected chi connectivity index (χ0v) is 17.4. The average Bonchev–Trinajstić information content (AvgIpc) is 3.09. The van der Waals surface area contributed by atoms with Crippen LogP contribution >= 0.6 is 0 Å². The van der Waals surface area contributed by atoms with Crippen molar-refractivity contribution in [2.75, 3.05) is 6.61 Å². The second-order valence-electron chi connectivity index (χ2n) is 9.24. The molecule has 0 radical (unpaired) electrons. The second-order valence-corrected chi connectivity index (χ2v) is 9.24. The fourth-order valence-corrected chi connectivity index (χ4v) is 5.74. The number of aliphatic hydroxyl groups is 2. The molecule has 2 N–H and O–H groups in total. The predicted octanol–water partition coefficient (Wildman–Crippen LogP) is 4.82. The van der Waals surface area contributed by atoms with Gasteiger partial charge in [0.1, 0.15) is 5.82 Å². The highest BCUT2D eigenvalue weighted by Gasteiger charge is 2.60. The molecule has 1 fully saturated rings. The largest absolute Gasteiger partial charge is 0.417 e. The number of hydrogen-bond acceptors (Lipinski definition) is 3. The molecule has 0 bridgehead atoms. The van der Waals surface area contributed by atoms with E-state index in [4.69, 9.17) is 0 Å². The number of fused-ring (bicyclic) bond motifs is 4. The van der Waals surface area contributed by atoms with Gasteiger partial charge in [0.25, 0.3) is 0 Å². The van der Waals surface area contributed by atoms with Crippen molar-refractivity contribution < 1.29 is 27.8 Å². The van der Waals surface area contributed by atoms with Gasteiger partial charge in [0.05, 0.1) is 24.0 Å². The number of aromatic nitrogens is 2. The Bertz CT molecular complexity index is 1160. The molecule has 0 spiro atoms. The van der Waals surface area contributed by atoms with Gasteiger partial charge in [0, 0.05) is 10.8 Å². The van der Waals surface area contributed by atoms with Gasteiger partial charge < -0.3 is 10.2 Å². The van der Waals surface area contributed by atoms with Crippen LogP contribution in [0.5, 0.6) is 0 Å². The summed E-state index contributed by atoms with van der Waals surface area (Å²) in [6.45, 7) is -0.268. The fraction of sp³-hybridized carbons (Fsp3) is 0.458. The van der Waals surface area contributed by atoms with E-state index in [0.717, 1.165) is 22.0 Å². The summed E-state index contributed by atoms with van der Waals surface area (Å²) >= 11 is 0. The number of alkyl halides is 3. The molecule has 0 aliphatic heterocycles. The van der Waals surface area contributed by atoms with Gasteiger partial charge in [-0.05, 0) is 92.0 Å². The highest BCUT2D eigenvalue weighted by molar-refractivity contribution is 5.82. The minimum absolute atomic E-state index is 0.0643. The van der Waals surface area contributed by atoms with E-state index in [-0.39, 0.29) is 18.8 Å². The maximum absolute atomic E-state index is 13.6. The summed E-state index contributed by atoms with van der Waals surface area (Å²) in [5.74, 6) is -0.815. The van der Waals surface area contributed by atoms with Crippen molar-refractivity contribution in [2.45, 2.75) is 55.7 Å². The van der Waals surface area contributed by atoms with Gasteiger partial charge in [0.2, 0.25) is 0 Å². The van der Waals surface area contributed by atoms with E-state index in [1.54, 1.807) is 23.0 Å². The molecular weight excluding hydrogens is 424 g/mol. The van der Waals surface area contributed by atoms with Gasteiger partial charge in [-0.25, -0.2) is 9.07 Å². The summed E-state index contributed by atoms with van der Waals surface area (Å²) in [7, 11) is 0. The van der Waals surface area contributed by atoms with Crippen LogP contribution in [0.1, 0.15) is 43.2 Å². The van der Waals surface area contributed by atoms with Crippen molar-refractivity contribution in [3.63, 3.8) is 0 Å². The Labute approximate surface area is 182 Å². The normalized spacial score (nSPS) is 28.2. The standard InChI is InChI=1S/C24H24F4N2O2/c25-18-4-6-19(7-5-18)30-21-11-15-2-1-3-17-12-23(32,24(26,27)28)9-8-22(17,14-31)20(15)10-16(21)13-29-30/h4-7,10-11,13,17,31-32H,1-3,8-9,12,14H2. The van der Waals surface area contributed by atoms with Crippen LogP contribution in [0.2, 0.25) is 0 Å². The van der Waals surface area contributed by atoms with Gasteiger partial charge in [-0.3, -0.25) is 0 Å².